The third kappa shape index (κ3) is 2.91. The summed E-state index contributed by atoms with van der Waals surface area (Å²) in [5.41, 5.74) is 4.12. The summed E-state index contributed by atoms with van der Waals surface area (Å²) in [6.07, 6.45) is 6.27. The molecule has 2 N–H and O–H groups in total. The average Bonchev–Trinajstić information content (AvgIpc) is 3.14. The van der Waals surface area contributed by atoms with E-state index in [1.165, 1.54) is 11.1 Å². The van der Waals surface area contributed by atoms with E-state index in [-0.39, 0.29) is 11.8 Å². The highest BCUT2D eigenvalue weighted by Crippen LogP contribution is 2.29. The Morgan fingerprint density at radius 3 is 2.92 bits per heavy atom. The Balaban J connectivity index is 1.43. The second-order valence-electron chi connectivity index (χ2n) is 6.34. The van der Waals surface area contributed by atoms with Crippen LogP contribution >= 0.6 is 0 Å². The molecule has 24 heavy (non-hydrogen) atoms. The highest BCUT2D eigenvalue weighted by atomic mass is 16.2. The largest absolute Gasteiger partial charge is 0.371 e. The number of nitrogens with zero attached hydrogens (tertiary/aromatic N) is 3. The smallest absolute Gasteiger partial charge is 0.228 e. The van der Waals surface area contributed by atoms with Gasteiger partial charge in [-0.3, -0.25) is 9.78 Å². The number of fused-ring (bicyclic) bond motifs is 1. The second-order valence-corrected chi connectivity index (χ2v) is 6.34. The molecule has 3 heterocycles. The van der Waals surface area contributed by atoms with Crippen molar-refractivity contribution in [3.05, 3.63) is 36.7 Å². The molecule has 6 heteroatoms. The van der Waals surface area contributed by atoms with Gasteiger partial charge in [-0.2, -0.15) is 5.10 Å². The van der Waals surface area contributed by atoms with Gasteiger partial charge in [0.2, 0.25) is 5.91 Å². The lowest BCUT2D eigenvalue weighted by Crippen LogP contribution is -2.42. The molecule has 1 saturated heterocycles. The number of hydrogen-bond acceptors (Lipinski definition) is 5. The van der Waals surface area contributed by atoms with Gasteiger partial charge in [0.25, 0.3) is 0 Å². The summed E-state index contributed by atoms with van der Waals surface area (Å²) >= 11 is 0. The maximum absolute atomic E-state index is 12.4. The zero-order chi connectivity index (χ0) is 16.4. The zero-order valence-electron chi connectivity index (χ0n) is 13.5. The van der Waals surface area contributed by atoms with Gasteiger partial charge in [0, 0.05) is 60.8 Å². The molecule has 0 saturated carbocycles. The van der Waals surface area contributed by atoms with Crippen LogP contribution in [0.25, 0.3) is 10.8 Å². The van der Waals surface area contributed by atoms with Gasteiger partial charge < -0.3 is 15.6 Å². The number of aromatic nitrogens is 1. The highest BCUT2D eigenvalue weighted by Gasteiger charge is 2.26. The van der Waals surface area contributed by atoms with Crippen molar-refractivity contribution in [2.24, 2.45) is 11.0 Å². The fourth-order valence-electron chi connectivity index (χ4n) is 3.48. The first-order valence-electron chi connectivity index (χ1n) is 8.49. The van der Waals surface area contributed by atoms with E-state index >= 15 is 0 Å². The fraction of sp³-hybridized carbons (Fsp3) is 0.389. The predicted octanol–water partition coefficient (Wildman–Crippen LogP) is 1.87. The number of amidine groups is 1. The van der Waals surface area contributed by atoms with E-state index in [0.717, 1.165) is 50.1 Å². The van der Waals surface area contributed by atoms with E-state index in [2.05, 4.69) is 50.0 Å². The summed E-state index contributed by atoms with van der Waals surface area (Å²) in [6.45, 7) is 2.60. The molecule has 124 valence electrons. The first-order chi connectivity index (χ1) is 11.8. The number of nitrogens with one attached hydrogen (secondary N) is 2. The maximum atomic E-state index is 12.4. The average molecular weight is 323 g/mol. The molecule has 2 aliphatic heterocycles. The quantitative estimate of drug-likeness (QED) is 0.885. The van der Waals surface area contributed by atoms with Gasteiger partial charge in [0.15, 0.2) is 0 Å². The van der Waals surface area contributed by atoms with Crippen molar-refractivity contribution in [2.75, 3.05) is 24.5 Å². The lowest BCUT2D eigenvalue weighted by molar-refractivity contribution is -0.124. The third-order valence-electron chi connectivity index (χ3n) is 4.82. The molecule has 1 amide bonds. The number of pyridine rings is 1. The summed E-state index contributed by atoms with van der Waals surface area (Å²) < 4.78 is 0. The number of piperidine rings is 1. The molecule has 6 nitrogen and oxygen atoms in total. The van der Waals surface area contributed by atoms with Crippen molar-refractivity contribution in [1.82, 2.24) is 15.7 Å². The van der Waals surface area contributed by atoms with Gasteiger partial charge in [-0.1, -0.05) is 12.1 Å². The standard InChI is InChI=1S/C18H21N5O/c24-18(21-17-5-9-20-22-17)13-6-10-23(11-7-13)16-3-1-2-14-12-19-8-4-15(14)16/h1-4,8,12-13,20H,5-7,9-11H2,(H,21,22,24). The number of benzene rings is 1. The molecule has 0 aliphatic carbocycles. The Bertz CT molecular complexity index is 775. The second kappa shape index (κ2) is 6.47. The molecule has 2 aromatic rings. The van der Waals surface area contributed by atoms with Crippen LogP contribution in [-0.4, -0.2) is 36.4 Å². The van der Waals surface area contributed by atoms with Crippen molar-refractivity contribution in [1.29, 1.82) is 0 Å². The van der Waals surface area contributed by atoms with Crippen LogP contribution in [0, 0.1) is 5.92 Å². The van der Waals surface area contributed by atoms with Gasteiger partial charge in [0.1, 0.15) is 5.84 Å². The van der Waals surface area contributed by atoms with Crippen LogP contribution in [0.4, 0.5) is 5.69 Å². The number of amides is 1. The molecule has 0 spiro atoms. The number of anilines is 1. The van der Waals surface area contributed by atoms with Crippen LogP contribution in [0.2, 0.25) is 0 Å². The SMILES string of the molecule is O=C(NC1=NNCC1)C1CCN(c2cccc3cnccc23)CC1. The molecule has 0 bridgehead atoms. The van der Waals surface area contributed by atoms with Gasteiger partial charge in [-0.05, 0) is 25.0 Å². The van der Waals surface area contributed by atoms with Gasteiger partial charge >= 0.3 is 0 Å². The topological polar surface area (TPSA) is 69.6 Å². The Morgan fingerprint density at radius 1 is 1.25 bits per heavy atom. The molecule has 0 atom stereocenters. The summed E-state index contributed by atoms with van der Waals surface area (Å²) in [4.78, 5) is 18.9. The highest BCUT2D eigenvalue weighted by molar-refractivity contribution is 5.99. The first-order valence-corrected chi connectivity index (χ1v) is 8.49. The van der Waals surface area contributed by atoms with Crippen LogP contribution in [0.5, 0.6) is 0 Å². The van der Waals surface area contributed by atoms with Gasteiger partial charge in [0.05, 0.1) is 0 Å². The zero-order valence-corrected chi connectivity index (χ0v) is 13.5. The lowest BCUT2D eigenvalue weighted by Gasteiger charge is -2.33. The summed E-state index contributed by atoms with van der Waals surface area (Å²) in [7, 11) is 0. The molecule has 4 rings (SSSR count). The van der Waals surface area contributed by atoms with Crippen LogP contribution in [-0.2, 0) is 4.79 Å². The summed E-state index contributed by atoms with van der Waals surface area (Å²) in [5, 5.41) is 9.42. The number of rotatable bonds is 2. The predicted molar refractivity (Wildman–Crippen MR) is 94.9 cm³/mol. The van der Waals surface area contributed by atoms with Crippen LogP contribution in [0.15, 0.2) is 41.8 Å². The fourth-order valence-corrected chi connectivity index (χ4v) is 3.48. The minimum atomic E-state index is 0.0705. The van der Waals surface area contributed by atoms with Crippen molar-refractivity contribution in [3.63, 3.8) is 0 Å². The Labute approximate surface area is 140 Å². The van der Waals surface area contributed by atoms with E-state index < -0.39 is 0 Å². The Morgan fingerprint density at radius 2 is 2.12 bits per heavy atom. The minimum Gasteiger partial charge on any atom is -0.371 e. The van der Waals surface area contributed by atoms with Crippen molar-refractivity contribution >= 4 is 28.2 Å². The van der Waals surface area contributed by atoms with E-state index in [1.54, 1.807) is 0 Å². The number of carbonyl (C=O) groups is 1. The summed E-state index contributed by atoms with van der Waals surface area (Å²) in [6, 6.07) is 8.38. The van der Waals surface area contributed by atoms with E-state index in [9.17, 15) is 4.79 Å². The van der Waals surface area contributed by atoms with Crippen LogP contribution < -0.4 is 15.6 Å². The molecule has 2 aliphatic rings. The third-order valence-corrected chi connectivity index (χ3v) is 4.82. The lowest BCUT2D eigenvalue weighted by atomic mass is 9.95. The van der Waals surface area contributed by atoms with E-state index in [0.29, 0.717) is 0 Å². The molecular formula is C18H21N5O. The Hall–Kier alpha value is -2.63. The van der Waals surface area contributed by atoms with Crippen LogP contribution in [0.3, 0.4) is 0 Å². The minimum absolute atomic E-state index is 0.0705. The van der Waals surface area contributed by atoms with Crippen molar-refractivity contribution in [2.45, 2.75) is 19.3 Å². The molecule has 0 radical (unpaired) electrons. The first kappa shape index (κ1) is 14.9. The molecule has 1 aromatic carbocycles. The summed E-state index contributed by atoms with van der Waals surface area (Å²) in [5.74, 6) is 0.949. The maximum Gasteiger partial charge on any atom is 0.228 e. The van der Waals surface area contributed by atoms with E-state index in [1.807, 2.05) is 12.4 Å². The van der Waals surface area contributed by atoms with Crippen molar-refractivity contribution in [3.8, 4) is 0 Å². The monoisotopic (exact) mass is 323 g/mol. The van der Waals surface area contributed by atoms with Crippen LogP contribution in [0.1, 0.15) is 19.3 Å². The van der Waals surface area contributed by atoms with E-state index in [4.69, 9.17) is 0 Å². The molecule has 1 aromatic heterocycles. The number of hydrogen-bond donors (Lipinski definition) is 2. The molecule has 1 fully saturated rings. The molecular weight excluding hydrogens is 302 g/mol. The number of hydrazone groups is 1. The Kier molecular flexibility index (Phi) is 4.02. The molecule has 0 unspecified atom stereocenters. The van der Waals surface area contributed by atoms with Crippen molar-refractivity contribution < 1.29 is 4.79 Å². The van der Waals surface area contributed by atoms with Gasteiger partial charge in [-0.15, -0.1) is 0 Å². The number of carbonyl (C=O) groups excluding carboxylic acids is 1. The normalized spacial score (nSPS) is 18.3. The van der Waals surface area contributed by atoms with Gasteiger partial charge in [-0.25, -0.2) is 0 Å².